The lowest BCUT2D eigenvalue weighted by Gasteiger charge is -2.11. The zero-order valence-electron chi connectivity index (χ0n) is 11.1. The second-order valence-corrected chi connectivity index (χ2v) is 4.01. The van der Waals surface area contributed by atoms with Gasteiger partial charge in [0.05, 0.1) is 18.5 Å². The summed E-state index contributed by atoms with van der Waals surface area (Å²) in [4.78, 5) is 17.4. The van der Waals surface area contributed by atoms with Crippen LogP contribution in [0.2, 0.25) is 0 Å². The number of nitrogens with one attached hydrogen (secondary N) is 2. The summed E-state index contributed by atoms with van der Waals surface area (Å²) in [5.74, 6) is 0.784. The van der Waals surface area contributed by atoms with Gasteiger partial charge in [0.15, 0.2) is 0 Å². The number of likely N-dealkylation sites (N-methyl/N-ethyl adjacent to an activating group) is 1. The molecule has 0 bridgehead atoms. The Labute approximate surface area is 107 Å². The highest BCUT2D eigenvalue weighted by atomic mass is 16.5. The van der Waals surface area contributed by atoms with E-state index in [-0.39, 0.29) is 0 Å². The predicted molar refractivity (Wildman–Crippen MR) is 71.9 cm³/mol. The van der Waals surface area contributed by atoms with Gasteiger partial charge in [-0.3, -0.25) is 5.32 Å². The van der Waals surface area contributed by atoms with Crippen LogP contribution in [0.25, 0.3) is 0 Å². The van der Waals surface area contributed by atoms with Gasteiger partial charge in [-0.05, 0) is 33.2 Å². The lowest BCUT2D eigenvalue weighted by molar-refractivity contribution is 0.168. The molecular formula is C12H20N4O2. The number of rotatable bonds is 6. The molecule has 6 nitrogen and oxygen atoms in total. The number of ether oxygens (including phenoxy) is 1. The molecule has 0 atom stereocenters. The maximum atomic E-state index is 11.2. The van der Waals surface area contributed by atoms with Crippen molar-refractivity contribution in [3.63, 3.8) is 0 Å². The first-order valence-electron chi connectivity index (χ1n) is 5.90. The zero-order chi connectivity index (χ0) is 13.4. The predicted octanol–water partition coefficient (Wildman–Crippen LogP) is 1.62. The van der Waals surface area contributed by atoms with Gasteiger partial charge in [-0.25, -0.2) is 9.78 Å². The van der Waals surface area contributed by atoms with Crippen molar-refractivity contribution in [3.05, 3.63) is 18.3 Å². The van der Waals surface area contributed by atoms with E-state index in [1.807, 2.05) is 20.2 Å². The first kappa shape index (κ1) is 14.2. The highest BCUT2D eigenvalue weighted by molar-refractivity contribution is 5.84. The fraction of sp³-hybridized carbons (Fsp3) is 0.500. The van der Waals surface area contributed by atoms with Crippen molar-refractivity contribution in [2.75, 3.05) is 44.4 Å². The van der Waals surface area contributed by atoms with Crippen molar-refractivity contribution in [2.45, 2.75) is 6.92 Å². The molecular weight excluding hydrogens is 232 g/mol. The number of anilines is 2. The third kappa shape index (κ3) is 5.49. The van der Waals surface area contributed by atoms with Gasteiger partial charge in [0.25, 0.3) is 0 Å². The average Bonchev–Trinajstić information content (AvgIpc) is 2.31. The number of carbonyl (C=O) groups excluding carboxylic acids is 1. The third-order valence-electron chi connectivity index (χ3n) is 2.15. The average molecular weight is 252 g/mol. The minimum absolute atomic E-state index is 0.351. The van der Waals surface area contributed by atoms with Crippen molar-refractivity contribution in [2.24, 2.45) is 0 Å². The molecule has 1 rings (SSSR count). The summed E-state index contributed by atoms with van der Waals surface area (Å²) in [5, 5.41) is 5.77. The Morgan fingerprint density at radius 3 is 2.78 bits per heavy atom. The molecule has 1 aromatic heterocycles. The van der Waals surface area contributed by atoms with Crippen LogP contribution in [-0.4, -0.2) is 49.8 Å². The topological polar surface area (TPSA) is 66.5 Å². The quantitative estimate of drug-likeness (QED) is 0.805. The van der Waals surface area contributed by atoms with Gasteiger partial charge in [0.2, 0.25) is 0 Å². The molecule has 0 fully saturated rings. The van der Waals surface area contributed by atoms with E-state index < -0.39 is 6.09 Å². The summed E-state index contributed by atoms with van der Waals surface area (Å²) in [6.07, 6.45) is 1.13. The second-order valence-electron chi connectivity index (χ2n) is 4.01. The summed E-state index contributed by atoms with van der Waals surface area (Å²) < 4.78 is 4.77. The van der Waals surface area contributed by atoms with Gasteiger partial charge < -0.3 is 15.0 Å². The number of nitrogens with zero attached hydrogens (tertiary/aromatic N) is 2. The molecule has 1 heterocycles. The summed E-state index contributed by atoms with van der Waals surface area (Å²) in [7, 11) is 4.03. The van der Waals surface area contributed by atoms with Crippen LogP contribution in [0.3, 0.4) is 0 Å². The fourth-order valence-corrected chi connectivity index (χ4v) is 1.26. The minimum atomic E-state index is -0.465. The molecule has 0 saturated carbocycles. The van der Waals surface area contributed by atoms with Gasteiger partial charge in [-0.2, -0.15) is 0 Å². The van der Waals surface area contributed by atoms with Crippen LogP contribution < -0.4 is 10.6 Å². The molecule has 0 saturated heterocycles. The maximum Gasteiger partial charge on any atom is 0.411 e. The minimum Gasteiger partial charge on any atom is -0.450 e. The van der Waals surface area contributed by atoms with Crippen LogP contribution >= 0.6 is 0 Å². The lowest BCUT2D eigenvalue weighted by atomic mass is 10.4. The first-order valence-corrected chi connectivity index (χ1v) is 5.90. The molecule has 2 N–H and O–H groups in total. The van der Waals surface area contributed by atoms with Crippen molar-refractivity contribution in [1.82, 2.24) is 9.88 Å². The Hall–Kier alpha value is -1.82. The van der Waals surface area contributed by atoms with E-state index in [2.05, 4.69) is 20.5 Å². The molecule has 18 heavy (non-hydrogen) atoms. The molecule has 0 aliphatic rings. The highest BCUT2D eigenvalue weighted by Gasteiger charge is 2.02. The Bertz CT molecular complexity index is 365. The third-order valence-corrected chi connectivity index (χ3v) is 2.15. The van der Waals surface area contributed by atoms with Crippen LogP contribution in [0, 0.1) is 0 Å². The number of amides is 1. The SMILES string of the molecule is CCOC(=O)Nc1ccc(NCCN(C)C)nc1. The van der Waals surface area contributed by atoms with E-state index in [4.69, 9.17) is 4.74 Å². The Morgan fingerprint density at radius 2 is 2.22 bits per heavy atom. The van der Waals surface area contributed by atoms with Crippen molar-refractivity contribution < 1.29 is 9.53 Å². The number of aromatic nitrogens is 1. The van der Waals surface area contributed by atoms with Crippen LogP contribution in [-0.2, 0) is 4.74 Å². The van der Waals surface area contributed by atoms with Crippen LogP contribution in [0.5, 0.6) is 0 Å². The monoisotopic (exact) mass is 252 g/mol. The van der Waals surface area contributed by atoms with E-state index in [9.17, 15) is 4.79 Å². The zero-order valence-corrected chi connectivity index (χ0v) is 11.1. The molecule has 1 amide bonds. The fourth-order valence-electron chi connectivity index (χ4n) is 1.26. The number of carbonyl (C=O) groups is 1. The molecule has 1 aromatic rings. The smallest absolute Gasteiger partial charge is 0.411 e. The number of hydrogen-bond acceptors (Lipinski definition) is 5. The molecule has 100 valence electrons. The molecule has 6 heteroatoms. The molecule has 0 aliphatic heterocycles. The summed E-state index contributed by atoms with van der Waals surface area (Å²) >= 11 is 0. The lowest BCUT2D eigenvalue weighted by Crippen LogP contribution is -2.21. The second kappa shape index (κ2) is 7.50. The van der Waals surface area contributed by atoms with Gasteiger partial charge in [0.1, 0.15) is 5.82 Å². The Kier molecular flexibility index (Phi) is 5.93. The van der Waals surface area contributed by atoms with Crippen molar-refractivity contribution >= 4 is 17.6 Å². The van der Waals surface area contributed by atoms with E-state index >= 15 is 0 Å². The normalized spacial score (nSPS) is 10.2. The molecule has 0 aliphatic carbocycles. The van der Waals surface area contributed by atoms with E-state index in [0.717, 1.165) is 18.9 Å². The Morgan fingerprint density at radius 1 is 1.44 bits per heavy atom. The molecule has 0 aromatic carbocycles. The van der Waals surface area contributed by atoms with Gasteiger partial charge in [0, 0.05) is 13.1 Å². The van der Waals surface area contributed by atoms with Gasteiger partial charge in [-0.1, -0.05) is 0 Å². The molecule has 0 unspecified atom stereocenters. The van der Waals surface area contributed by atoms with Crippen LogP contribution in [0.1, 0.15) is 6.92 Å². The molecule has 0 radical (unpaired) electrons. The van der Waals surface area contributed by atoms with Gasteiger partial charge in [-0.15, -0.1) is 0 Å². The van der Waals surface area contributed by atoms with Crippen molar-refractivity contribution in [1.29, 1.82) is 0 Å². The molecule has 0 spiro atoms. The van der Waals surface area contributed by atoms with E-state index in [0.29, 0.717) is 12.3 Å². The summed E-state index contributed by atoms with van der Waals surface area (Å²) in [5.41, 5.74) is 0.617. The van der Waals surface area contributed by atoms with Crippen LogP contribution in [0.4, 0.5) is 16.3 Å². The highest BCUT2D eigenvalue weighted by Crippen LogP contribution is 2.09. The summed E-state index contributed by atoms with van der Waals surface area (Å²) in [6, 6.07) is 3.60. The van der Waals surface area contributed by atoms with E-state index in [1.54, 1.807) is 19.2 Å². The number of pyridine rings is 1. The Balaban J connectivity index is 2.40. The van der Waals surface area contributed by atoms with Gasteiger partial charge >= 0.3 is 6.09 Å². The maximum absolute atomic E-state index is 11.2. The number of hydrogen-bond donors (Lipinski definition) is 2. The first-order chi connectivity index (χ1) is 8.61. The largest absolute Gasteiger partial charge is 0.450 e. The standard InChI is InChI=1S/C12H20N4O2/c1-4-18-12(17)15-10-5-6-11(14-9-10)13-7-8-16(2)3/h5-6,9H,4,7-8H2,1-3H3,(H,13,14)(H,15,17). The van der Waals surface area contributed by atoms with E-state index in [1.165, 1.54) is 0 Å². The summed E-state index contributed by atoms with van der Waals surface area (Å²) in [6.45, 7) is 3.87. The van der Waals surface area contributed by atoms with Crippen molar-refractivity contribution in [3.8, 4) is 0 Å². The van der Waals surface area contributed by atoms with Crippen LogP contribution in [0.15, 0.2) is 18.3 Å².